The van der Waals surface area contributed by atoms with Gasteiger partial charge in [0.2, 0.25) is 0 Å². The molecule has 3 N–H and O–H groups in total. The van der Waals surface area contributed by atoms with Gasteiger partial charge in [0.05, 0.1) is 13.7 Å². The first-order valence-electron chi connectivity index (χ1n) is 7.63. The van der Waals surface area contributed by atoms with Crippen molar-refractivity contribution in [1.29, 1.82) is 0 Å². The van der Waals surface area contributed by atoms with E-state index in [0.717, 1.165) is 18.1 Å². The molecule has 0 bridgehead atoms. The lowest BCUT2D eigenvalue weighted by Gasteiger charge is -2.16. The van der Waals surface area contributed by atoms with Crippen molar-refractivity contribution in [1.82, 2.24) is 10.6 Å². The molecule has 1 fully saturated rings. The highest BCUT2D eigenvalue weighted by atomic mass is 16.5. The van der Waals surface area contributed by atoms with E-state index < -0.39 is 0 Å². The first-order chi connectivity index (χ1) is 10.2. The first-order valence-corrected chi connectivity index (χ1v) is 7.63. The Bertz CT molecular complexity index is 482. The predicted molar refractivity (Wildman–Crippen MR) is 84.9 cm³/mol. The first kappa shape index (κ1) is 15.5. The summed E-state index contributed by atoms with van der Waals surface area (Å²) in [4.78, 5) is 4.59. The summed E-state index contributed by atoms with van der Waals surface area (Å²) in [5.41, 5.74) is 0.955. The Labute approximate surface area is 126 Å². The van der Waals surface area contributed by atoms with Crippen molar-refractivity contribution in [3.05, 3.63) is 23.8 Å². The summed E-state index contributed by atoms with van der Waals surface area (Å²) >= 11 is 0. The van der Waals surface area contributed by atoms with Gasteiger partial charge < -0.3 is 20.5 Å². The van der Waals surface area contributed by atoms with Gasteiger partial charge in [-0.3, -0.25) is 0 Å². The fraction of sp³-hybridized carbons (Fsp3) is 0.562. The fourth-order valence-corrected chi connectivity index (χ4v) is 2.59. The number of phenolic OH excluding ortho intramolecular Hbond substituents is 1. The van der Waals surface area contributed by atoms with Gasteiger partial charge in [0.1, 0.15) is 0 Å². The van der Waals surface area contributed by atoms with Crippen LogP contribution in [-0.2, 0) is 6.54 Å². The van der Waals surface area contributed by atoms with E-state index in [1.807, 2.05) is 6.07 Å². The average Bonchev–Trinajstić information content (AvgIpc) is 2.98. The van der Waals surface area contributed by atoms with Gasteiger partial charge in [0, 0.05) is 12.6 Å². The standard InChI is InChI=1S/C16H25N3O2/c1-3-17-16(19-13-6-4-5-7-13)18-11-12-8-9-15(21-2)14(20)10-12/h8-10,13,20H,3-7,11H2,1-2H3,(H2,17,18,19). The van der Waals surface area contributed by atoms with Crippen LogP contribution in [0, 0.1) is 0 Å². The van der Waals surface area contributed by atoms with Gasteiger partial charge in [-0.25, -0.2) is 4.99 Å². The molecule has 0 amide bonds. The minimum atomic E-state index is 0.152. The number of nitrogens with zero attached hydrogens (tertiary/aromatic N) is 1. The van der Waals surface area contributed by atoms with Gasteiger partial charge in [0.15, 0.2) is 17.5 Å². The molecule has 1 aliphatic carbocycles. The van der Waals surface area contributed by atoms with Crippen molar-refractivity contribution in [2.45, 2.75) is 45.2 Å². The molecule has 0 atom stereocenters. The number of methoxy groups -OCH3 is 1. The van der Waals surface area contributed by atoms with E-state index in [-0.39, 0.29) is 5.75 Å². The highest BCUT2D eigenvalue weighted by Gasteiger charge is 2.15. The number of aliphatic imine (C=N–C) groups is 1. The monoisotopic (exact) mass is 291 g/mol. The van der Waals surface area contributed by atoms with E-state index >= 15 is 0 Å². The highest BCUT2D eigenvalue weighted by Crippen LogP contribution is 2.26. The minimum Gasteiger partial charge on any atom is -0.504 e. The molecule has 0 saturated heterocycles. The van der Waals surface area contributed by atoms with E-state index in [4.69, 9.17) is 4.74 Å². The van der Waals surface area contributed by atoms with Gasteiger partial charge in [-0.2, -0.15) is 0 Å². The van der Waals surface area contributed by atoms with Crippen LogP contribution in [0.5, 0.6) is 11.5 Å². The van der Waals surface area contributed by atoms with Crippen molar-refractivity contribution in [2.24, 2.45) is 4.99 Å². The smallest absolute Gasteiger partial charge is 0.191 e. The quantitative estimate of drug-likeness (QED) is 0.576. The van der Waals surface area contributed by atoms with E-state index in [0.29, 0.717) is 18.3 Å². The second-order valence-electron chi connectivity index (χ2n) is 5.33. The lowest BCUT2D eigenvalue weighted by Crippen LogP contribution is -2.42. The Morgan fingerprint density at radius 1 is 1.38 bits per heavy atom. The number of ether oxygens (including phenoxy) is 1. The molecule has 0 spiro atoms. The third kappa shape index (κ3) is 4.55. The number of phenols is 1. The Hall–Kier alpha value is -1.91. The Morgan fingerprint density at radius 2 is 2.14 bits per heavy atom. The SMILES string of the molecule is CCNC(=NCc1ccc(OC)c(O)c1)NC1CCCC1. The predicted octanol–water partition coefficient (Wildman–Crippen LogP) is 2.40. The van der Waals surface area contributed by atoms with Crippen molar-refractivity contribution < 1.29 is 9.84 Å². The molecule has 116 valence electrons. The van der Waals surface area contributed by atoms with Crippen LogP contribution in [0.15, 0.2) is 23.2 Å². The maximum absolute atomic E-state index is 9.79. The number of rotatable bonds is 5. The second kappa shape index (κ2) is 7.76. The number of hydrogen-bond donors (Lipinski definition) is 3. The van der Waals surface area contributed by atoms with Crippen LogP contribution in [0.25, 0.3) is 0 Å². The lowest BCUT2D eigenvalue weighted by molar-refractivity contribution is 0.373. The minimum absolute atomic E-state index is 0.152. The zero-order valence-electron chi connectivity index (χ0n) is 12.9. The number of aromatic hydroxyl groups is 1. The summed E-state index contributed by atoms with van der Waals surface area (Å²) in [5.74, 6) is 1.48. The van der Waals surface area contributed by atoms with Gasteiger partial charge in [0.25, 0.3) is 0 Å². The molecule has 1 aromatic carbocycles. The molecular weight excluding hydrogens is 266 g/mol. The van der Waals surface area contributed by atoms with E-state index in [1.165, 1.54) is 25.7 Å². The molecule has 5 heteroatoms. The van der Waals surface area contributed by atoms with Crippen LogP contribution in [0.3, 0.4) is 0 Å². The van der Waals surface area contributed by atoms with Gasteiger partial charge in [-0.05, 0) is 37.5 Å². The van der Waals surface area contributed by atoms with Crippen LogP contribution in [0.4, 0.5) is 0 Å². The topological polar surface area (TPSA) is 65.9 Å². The number of hydrogen-bond acceptors (Lipinski definition) is 3. The second-order valence-corrected chi connectivity index (χ2v) is 5.33. The lowest BCUT2D eigenvalue weighted by atomic mass is 10.2. The molecule has 0 aromatic heterocycles. The highest BCUT2D eigenvalue weighted by molar-refractivity contribution is 5.80. The molecule has 21 heavy (non-hydrogen) atoms. The van der Waals surface area contributed by atoms with E-state index in [2.05, 4.69) is 22.5 Å². The third-order valence-corrected chi connectivity index (χ3v) is 3.70. The summed E-state index contributed by atoms with van der Waals surface area (Å²) < 4.78 is 5.04. The Kier molecular flexibility index (Phi) is 5.72. The molecule has 2 rings (SSSR count). The molecular formula is C16H25N3O2. The molecule has 5 nitrogen and oxygen atoms in total. The molecule has 0 aliphatic heterocycles. The summed E-state index contributed by atoms with van der Waals surface area (Å²) in [7, 11) is 1.54. The zero-order valence-corrected chi connectivity index (χ0v) is 12.9. The summed E-state index contributed by atoms with van der Waals surface area (Å²) in [6, 6.07) is 5.91. The van der Waals surface area contributed by atoms with Crippen molar-refractivity contribution in [2.75, 3.05) is 13.7 Å². The molecule has 1 aromatic rings. The van der Waals surface area contributed by atoms with Crippen molar-refractivity contribution in [3.8, 4) is 11.5 Å². The van der Waals surface area contributed by atoms with Gasteiger partial charge >= 0.3 is 0 Å². The van der Waals surface area contributed by atoms with Crippen molar-refractivity contribution >= 4 is 5.96 Å². The number of nitrogens with one attached hydrogen (secondary N) is 2. The van der Waals surface area contributed by atoms with Gasteiger partial charge in [-0.15, -0.1) is 0 Å². The van der Waals surface area contributed by atoms with Crippen LogP contribution < -0.4 is 15.4 Å². The van der Waals surface area contributed by atoms with E-state index in [9.17, 15) is 5.11 Å². The van der Waals surface area contributed by atoms with Gasteiger partial charge in [-0.1, -0.05) is 18.9 Å². The number of benzene rings is 1. The molecule has 1 saturated carbocycles. The largest absolute Gasteiger partial charge is 0.504 e. The van der Waals surface area contributed by atoms with Crippen molar-refractivity contribution in [3.63, 3.8) is 0 Å². The van der Waals surface area contributed by atoms with E-state index in [1.54, 1.807) is 19.2 Å². The average molecular weight is 291 g/mol. The normalized spacial score (nSPS) is 16.0. The van der Waals surface area contributed by atoms with Crippen LogP contribution >= 0.6 is 0 Å². The van der Waals surface area contributed by atoms with Crippen LogP contribution in [0.2, 0.25) is 0 Å². The molecule has 0 heterocycles. The van der Waals surface area contributed by atoms with Crippen LogP contribution in [-0.4, -0.2) is 30.8 Å². The summed E-state index contributed by atoms with van der Waals surface area (Å²) in [5, 5.41) is 16.5. The third-order valence-electron chi connectivity index (χ3n) is 3.70. The summed E-state index contributed by atoms with van der Waals surface area (Å²) in [6.45, 7) is 3.43. The zero-order chi connectivity index (χ0) is 15.1. The Balaban J connectivity index is 1.99. The van der Waals surface area contributed by atoms with Crippen LogP contribution in [0.1, 0.15) is 38.2 Å². The molecule has 0 unspecified atom stereocenters. The molecule has 0 radical (unpaired) electrons. The fourth-order valence-electron chi connectivity index (χ4n) is 2.59. The maximum Gasteiger partial charge on any atom is 0.191 e. The molecule has 1 aliphatic rings. The maximum atomic E-state index is 9.79. The Morgan fingerprint density at radius 3 is 2.76 bits per heavy atom. The summed E-state index contributed by atoms with van der Waals surface area (Å²) in [6.07, 6.45) is 5.02. The number of guanidine groups is 1.